The molecule has 0 saturated heterocycles. The summed E-state index contributed by atoms with van der Waals surface area (Å²) in [5.74, 6) is 0.295. The quantitative estimate of drug-likeness (QED) is 0.762. The van der Waals surface area contributed by atoms with E-state index in [-0.39, 0.29) is 12.0 Å². The number of hydrogen-bond donors (Lipinski definition) is 2. The highest BCUT2D eigenvalue weighted by Gasteiger charge is 2.18. The summed E-state index contributed by atoms with van der Waals surface area (Å²) in [5, 5.41) is 10.4. The van der Waals surface area contributed by atoms with Crippen molar-refractivity contribution >= 4 is 22.6 Å². The zero-order valence-corrected chi connectivity index (χ0v) is 13.7. The molecule has 128 valence electrons. The van der Waals surface area contributed by atoms with Crippen LogP contribution in [0.3, 0.4) is 0 Å². The summed E-state index contributed by atoms with van der Waals surface area (Å²) in [6.07, 6.45) is 9.30. The molecular weight excluding hydrogens is 318 g/mol. The number of rotatable bonds is 4. The van der Waals surface area contributed by atoms with Gasteiger partial charge in [-0.1, -0.05) is 6.42 Å². The Morgan fingerprint density at radius 3 is 2.72 bits per heavy atom. The van der Waals surface area contributed by atoms with Gasteiger partial charge in [0.2, 0.25) is 5.88 Å². The molecule has 0 atom stereocenters. The Morgan fingerprint density at radius 1 is 1.12 bits per heavy atom. The molecule has 7 nitrogen and oxygen atoms in total. The molecule has 0 spiro atoms. The predicted molar refractivity (Wildman–Crippen MR) is 93.6 cm³/mol. The number of fused-ring (bicyclic) bond motifs is 1. The number of amides is 1. The molecule has 3 heterocycles. The molecule has 3 aromatic rings. The fourth-order valence-corrected chi connectivity index (χ4v) is 3.10. The maximum absolute atomic E-state index is 12.4. The van der Waals surface area contributed by atoms with Crippen molar-refractivity contribution < 1.29 is 9.53 Å². The number of carbonyl (C=O) groups excluding carboxylic acids is 1. The van der Waals surface area contributed by atoms with Crippen molar-refractivity contribution in [2.75, 3.05) is 5.32 Å². The molecule has 0 aromatic carbocycles. The van der Waals surface area contributed by atoms with Crippen LogP contribution in [-0.2, 0) is 0 Å². The highest BCUT2D eigenvalue weighted by Crippen LogP contribution is 2.24. The summed E-state index contributed by atoms with van der Waals surface area (Å²) < 4.78 is 5.96. The van der Waals surface area contributed by atoms with Crippen molar-refractivity contribution in [3.8, 4) is 5.88 Å². The van der Waals surface area contributed by atoms with E-state index in [1.54, 1.807) is 30.6 Å². The third-order valence-electron chi connectivity index (χ3n) is 4.40. The molecular formula is C18H19N5O2. The van der Waals surface area contributed by atoms with E-state index in [2.05, 4.69) is 25.5 Å². The van der Waals surface area contributed by atoms with E-state index >= 15 is 0 Å². The predicted octanol–water partition coefficient (Wildman–Crippen LogP) is 3.32. The van der Waals surface area contributed by atoms with Crippen molar-refractivity contribution in [3.05, 3.63) is 42.4 Å². The van der Waals surface area contributed by atoms with Crippen LogP contribution < -0.4 is 10.1 Å². The standard InChI is InChI=1S/C18H19N5O2/c24-18(20-12-8-10-19-11-9-12)16-14-6-7-15(21-17(14)23-22-16)25-13-4-2-1-3-5-13/h6-11,13H,1-5H2,(H,19,20,24)(H,21,22,23). The molecule has 1 aliphatic carbocycles. The van der Waals surface area contributed by atoms with Gasteiger partial charge in [-0.25, -0.2) is 0 Å². The number of carbonyl (C=O) groups is 1. The highest BCUT2D eigenvalue weighted by atomic mass is 16.5. The normalized spacial score (nSPS) is 15.2. The van der Waals surface area contributed by atoms with Gasteiger partial charge in [-0.3, -0.25) is 14.9 Å². The van der Waals surface area contributed by atoms with Crippen LogP contribution in [0.25, 0.3) is 11.0 Å². The van der Waals surface area contributed by atoms with Crippen molar-refractivity contribution in [2.45, 2.75) is 38.2 Å². The summed E-state index contributed by atoms with van der Waals surface area (Å²) in [5.41, 5.74) is 1.53. The fourth-order valence-electron chi connectivity index (χ4n) is 3.10. The minimum Gasteiger partial charge on any atom is -0.474 e. The van der Waals surface area contributed by atoms with Crippen LogP contribution in [0.15, 0.2) is 36.7 Å². The summed E-state index contributed by atoms with van der Waals surface area (Å²) in [6, 6.07) is 7.08. The third kappa shape index (κ3) is 3.45. The number of H-pyrrole nitrogens is 1. The third-order valence-corrected chi connectivity index (χ3v) is 4.40. The lowest BCUT2D eigenvalue weighted by atomic mass is 9.98. The largest absolute Gasteiger partial charge is 0.474 e. The van der Waals surface area contributed by atoms with Crippen LogP contribution in [0.5, 0.6) is 5.88 Å². The monoisotopic (exact) mass is 337 g/mol. The second-order valence-electron chi connectivity index (χ2n) is 6.19. The molecule has 3 aromatic heterocycles. The molecule has 0 bridgehead atoms. The summed E-state index contributed by atoms with van der Waals surface area (Å²) in [4.78, 5) is 20.8. The molecule has 1 fully saturated rings. The first kappa shape index (κ1) is 15.6. The molecule has 1 amide bonds. The van der Waals surface area contributed by atoms with Crippen molar-refractivity contribution in [2.24, 2.45) is 0 Å². The molecule has 2 N–H and O–H groups in total. The van der Waals surface area contributed by atoms with E-state index < -0.39 is 0 Å². The van der Waals surface area contributed by atoms with Crippen LogP contribution in [-0.4, -0.2) is 32.2 Å². The number of hydrogen-bond acceptors (Lipinski definition) is 5. The molecule has 0 radical (unpaired) electrons. The number of ether oxygens (including phenoxy) is 1. The van der Waals surface area contributed by atoms with Crippen molar-refractivity contribution in [1.29, 1.82) is 0 Å². The van der Waals surface area contributed by atoms with Gasteiger partial charge in [0.05, 0.1) is 5.39 Å². The molecule has 0 unspecified atom stereocenters. The average Bonchev–Trinajstić information content (AvgIpc) is 3.07. The zero-order chi connectivity index (χ0) is 17.1. The van der Waals surface area contributed by atoms with E-state index in [9.17, 15) is 4.79 Å². The fraction of sp³-hybridized carbons (Fsp3) is 0.333. The Hall–Kier alpha value is -2.96. The van der Waals surface area contributed by atoms with Crippen LogP contribution in [0.4, 0.5) is 5.69 Å². The topological polar surface area (TPSA) is 92.8 Å². The second kappa shape index (κ2) is 6.88. The van der Waals surface area contributed by atoms with Gasteiger partial charge in [0.25, 0.3) is 5.91 Å². The van der Waals surface area contributed by atoms with Crippen LogP contribution in [0, 0.1) is 0 Å². The van der Waals surface area contributed by atoms with E-state index in [1.165, 1.54) is 19.3 Å². The Morgan fingerprint density at radius 2 is 1.92 bits per heavy atom. The van der Waals surface area contributed by atoms with Gasteiger partial charge in [-0.2, -0.15) is 10.1 Å². The number of aromatic amines is 1. The lowest BCUT2D eigenvalue weighted by molar-refractivity contribution is 0.102. The maximum atomic E-state index is 12.4. The Labute approximate surface area is 144 Å². The van der Waals surface area contributed by atoms with E-state index in [4.69, 9.17) is 4.74 Å². The van der Waals surface area contributed by atoms with Crippen LogP contribution in [0.1, 0.15) is 42.6 Å². The Kier molecular flexibility index (Phi) is 4.28. The SMILES string of the molecule is O=C(Nc1ccncc1)c1[nH]nc2nc(OC3CCCCC3)ccc12. The number of nitrogens with zero attached hydrogens (tertiary/aromatic N) is 3. The van der Waals surface area contributed by atoms with Gasteiger partial charge in [-0.15, -0.1) is 0 Å². The lowest BCUT2D eigenvalue weighted by Gasteiger charge is -2.22. The minimum atomic E-state index is -0.267. The van der Waals surface area contributed by atoms with E-state index in [0.29, 0.717) is 28.3 Å². The number of anilines is 1. The van der Waals surface area contributed by atoms with Gasteiger partial charge < -0.3 is 10.1 Å². The van der Waals surface area contributed by atoms with Gasteiger partial charge in [-0.05, 0) is 43.9 Å². The minimum absolute atomic E-state index is 0.229. The summed E-state index contributed by atoms with van der Waals surface area (Å²) in [7, 11) is 0. The smallest absolute Gasteiger partial charge is 0.274 e. The highest BCUT2D eigenvalue weighted by molar-refractivity contribution is 6.10. The summed E-state index contributed by atoms with van der Waals surface area (Å²) >= 11 is 0. The van der Waals surface area contributed by atoms with Crippen molar-refractivity contribution in [1.82, 2.24) is 20.2 Å². The molecule has 1 saturated carbocycles. The first-order valence-corrected chi connectivity index (χ1v) is 8.53. The van der Waals surface area contributed by atoms with Gasteiger partial charge >= 0.3 is 0 Å². The van der Waals surface area contributed by atoms with Crippen LogP contribution >= 0.6 is 0 Å². The number of nitrogens with one attached hydrogen (secondary N) is 2. The van der Waals surface area contributed by atoms with Crippen molar-refractivity contribution in [3.63, 3.8) is 0 Å². The van der Waals surface area contributed by atoms with Gasteiger partial charge in [0.1, 0.15) is 11.8 Å². The lowest BCUT2D eigenvalue weighted by Crippen LogP contribution is -2.20. The van der Waals surface area contributed by atoms with E-state index in [1.807, 2.05) is 6.07 Å². The summed E-state index contributed by atoms with van der Waals surface area (Å²) in [6.45, 7) is 0. The van der Waals surface area contributed by atoms with E-state index in [0.717, 1.165) is 12.8 Å². The van der Waals surface area contributed by atoms with Gasteiger partial charge in [0, 0.05) is 24.1 Å². The molecule has 7 heteroatoms. The average molecular weight is 337 g/mol. The molecule has 0 aliphatic heterocycles. The second-order valence-corrected chi connectivity index (χ2v) is 6.19. The Bertz CT molecular complexity index is 872. The zero-order valence-electron chi connectivity index (χ0n) is 13.7. The Balaban J connectivity index is 1.52. The first-order valence-electron chi connectivity index (χ1n) is 8.53. The molecule has 1 aliphatic rings. The molecule has 4 rings (SSSR count). The number of pyridine rings is 2. The first-order chi connectivity index (χ1) is 12.3. The van der Waals surface area contributed by atoms with Gasteiger partial charge in [0.15, 0.2) is 5.65 Å². The van der Waals surface area contributed by atoms with Crippen LogP contribution in [0.2, 0.25) is 0 Å². The number of aromatic nitrogens is 4. The maximum Gasteiger partial charge on any atom is 0.274 e. The molecule has 25 heavy (non-hydrogen) atoms.